The summed E-state index contributed by atoms with van der Waals surface area (Å²) in [6.07, 6.45) is 7.88. The fraction of sp³-hybridized carbons (Fsp3) is 0.811. The standard InChI is InChI=1S/C37H50O10/c1-32(2)25-24(39)26(40)34(4)23(36(25)20-44-31(42)35(30(36)47-32)15-9-10-16-35)13-17-33(3)27(45-29(41)28-37(33,34)46-28)21-14-19-43-22(21)12-8-6-5-7-11-18-38/h14,19,23,25-28,30,38,40H,5-13,15-18,20H2,1-4H3/t23-,25+,26-,27+,28-,30+,33+,34+,36+,37+/m1/s1. The largest absolute Gasteiger partial charge is 0.469 e. The molecule has 1 aromatic rings. The number of esters is 2. The van der Waals surface area contributed by atoms with Gasteiger partial charge in [-0.1, -0.05) is 46.0 Å². The van der Waals surface area contributed by atoms with E-state index in [0.717, 1.165) is 56.3 Å². The molecular formula is C37H50O10. The van der Waals surface area contributed by atoms with Crippen molar-refractivity contribution >= 4 is 17.7 Å². The Kier molecular flexibility index (Phi) is 7.06. The third-order valence-corrected chi connectivity index (χ3v) is 14.4. The lowest BCUT2D eigenvalue weighted by Gasteiger charge is -2.67. The molecule has 3 saturated carbocycles. The van der Waals surface area contributed by atoms with Gasteiger partial charge in [0.15, 0.2) is 11.9 Å². The average Bonchev–Trinajstić information content (AvgIpc) is 3.29. The first-order valence-electron chi connectivity index (χ1n) is 18.0. The predicted molar refractivity (Wildman–Crippen MR) is 166 cm³/mol. The third kappa shape index (κ3) is 3.74. The zero-order chi connectivity index (χ0) is 33.2. The van der Waals surface area contributed by atoms with E-state index in [9.17, 15) is 19.5 Å². The highest BCUT2D eigenvalue weighted by atomic mass is 16.7. The summed E-state index contributed by atoms with van der Waals surface area (Å²) < 4.78 is 31.9. The number of ketones is 1. The van der Waals surface area contributed by atoms with E-state index in [1.807, 2.05) is 26.8 Å². The van der Waals surface area contributed by atoms with Crippen molar-refractivity contribution in [3.05, 3.63) is 23.7 Å². The summed E-state index contributed by atoms with van der Waals surface area (Å²) in [7, 11) is 0. The number of carbonyl (C=O) groups excluding carboxylic acids is 3. The Balaban J connectivity index is 1.20. The zero-order valence-electron chi connectivity index (χ0n) is 28.2. The van der Waals surface area contributed by atoms with Gasteiger partial charge in [0.25, 0.3) is 0 Å². The summed E-state index contributed by atoms with van der Waals surface area (Å²) in [5.41, 5.74) is -4.87. The molecule has 1 aromatic heterocycles. The molecule has 7 fully saturated rings. The van der Waals surface area contributed by atoms with Crippen molar-refractivity contribution in [2.75, 3.05) is 13.2 Å². The monoisotopic (exact) mass is 654 g/mol. The minimum Gasteiger partial charge on any atom is -0.469 e. The van der Waals surface area contributed by atoms with Crippen LogP contribution in [-0.4, -0.2) is 70.7 Å². The van der Waals surface area contributed by atoms with Crippen molar-refractivity contribution in [1.29, 1.82) is 0 Å². The van der Waals surface area contributed by atoms with Gasteiger partial charge in [0.05, 0.1) is 29.3 Å². The van der Waals surface area contributed by atoms with Gasteiger partial charge in [-0.2, -0.15) is 0 Å². The Morgan fingerprint density at radius 2 is 1.64 bits per heavy atom. The van der Waals surface area contributed by atoms with E-state index < -0.39 is 69.2 Å². The summed E-state index contributed by atoms with van der Waals surface area (Å²) in [5, 5.41) is 21.4. The highest BCUT2D eigenvalue weighted by Crippen LogP contribution is 2.81. The summed E-state index contributed by atoms with van der Waals surface area (Å²) in [6.45, 7) is 8.13. The Morgan fingerprint density at radius 3 is 2.38 bits per heavy atom. The van der Waals surface area contributed by atoms with E-state index in [2.05, 4.69) is 6.92 Å². The molecule has 0 aromatic carbocycles. The molecule has 8 rings (SSSR count). The summed E-state index contributed by atoms with van der Waals surface area (Å²) in [6, 6.07) is 1.89. The normalized spacial score (nSPS) is 45.4. The number of aliphatic hydroxyl groups is 2. The highest BCUT2D eigenvalue weighted by Gasteiger charge is 2.91. The Hall–Kier alpha value is -2.27. The fourth-order valence-corrected chi connectivity index (χ4v) is 12.5. The zero-order valence-corrected chi connectivity index (χ0v) is 28.2. The smallest absolute Gasteiger partial charge is 0.339 e. The van der Waals surface area contributed by atoms with Gasteiger partial charge in [-0.15, -0.1) is 0 Å². The van der Waals surface area contributed by atoms with Crippen molar-refractivity contribution in [1.82, 2.24) is 0 Å². The second-order valence-electron chi connectivity index (χ2n) is 16.8. The first kappa shape index (κ1) is 32.0. The number of aliphatic hydroxyl groups excluding tert-OH is 2. The van der Waals surface area contributed by atoms with Crippen LogP contribution in [-0.2, 0) is 39.8 Å². The van der Waals surface area contributed by atoms with Crippen LogP contribution >= 0.6 is 0 Å². The molecule has 4 aliphatic heterocycles. The fourth-order valence-electron chi connectivity index (χ4n) is 12.5. The number of hydrogen-bond acceptors (Lipinski definition) is 10. The first-order valence-corrected chi connectivity index (χ1v) is 18.0. The molecule has 0 bridgehead atoms. The molecule has 258 valence electrons. The van der Waals surface area contributed by atoms with E-state index in [1.165, 1.54) is 0 Å². The number of hydrogen-bond donors (Lipinski definition) is 2. The summed E-state index contributed by atoms with van der Waals surface area (Å²) in [5.74, 6) is -1.22. The number of fused-ring (bicyclic) bond motifs is 2. The van der Waals surface area contributed by atoms with Gasteiger partial charge in [0.1, 0.15) is 30.2 Å². The van der Waals surface area contributed by atoms with E-state index in [0.29, 0.717) is 32.1 Å². The topological polar surface area (TPSA) is 145 Å². The highest BCUT2D eigenvalue weighted by molar-refractivity contribution is 5.92. The molecule has 0 amide bonds. The van der Waals surface area contributed by atoms with Gasteiger partial charge in [-0.05, 0) is 64.4 Å². The second kappa shape index (κ2) is 10.4. The summed E-state index contributed by atoms with van der Waals surface area (Å²) >= 11 is 0. The maximum Gasteiger partial charge on any atom is 0.339 e. The molecule has 47 heavy (non-hydrogen) atoms. The number of aryl methyl sites for hydroxylation is 1. The quantitative estimate of drug-likeness (QED) is 0.229. The number of Topliss-reactive ketones (excluding diaryl/α,β-unsaturated/α-hetero) is 1. The molecule has 4 saturated heterocycles. The molecular weight excluding hydrogens is 604 g/mol. The lowest BCUT2D eigenvalue weighted by atomic mass is 9.35. The number of cyclic esters (lactones) is 2. The van der Waals surface area contributed by atoms with Crippen LogP contribution in [0.25, 0.3) is 0 Å². The van der Waals surface area contributed by atoms with E-state index in [1.54, 1.807) is 6.26 Å². The van der Waals surface area contributed by atoms with Gasteiger partial charge in [-0.25, -0.2) is 4.79 Å². The van der Waals surface area contributed by atoms with Gasteiger partial charge >= 0.3 is 11.9 Å². The number of furan rings is 1. The first-order chi connectivity index (χ1) is 22.4. The maximum absolute atomic E-state index is 14.7. The van der Waals surface area contributed by atoms with Crippen molar-refractivity contribution in [2.24, 2.45) is 33.5 Å². The van der Waals surface area contributed by atoms with Crippen LogP contribution in [0.4, 0.5) is 0 Å². The Labute approximate surface area is 276 Å². The minimum absolute atomic E-state index is 0.0561. The maximum atomic E-state index is 14.7. The van der Waals surface area contributed by atoms with Crippen molar-refractivity contribution in [2.45, 2.75) is 140 Å². The van der Waals surface area contributed by atoms with Crippen LogP contribution in [0.15, 0.2) is 16.7 Å². The summed E-state index contributed by atoms with van der Waals surface area (Å²) in [4.78, 5) is 42.2. The van der Waals surface area contributed by atoms with Gasteiger partial charge in [0.2, 0.25) is 0 Å². The lowest BCUT2D eigenvalue weighted by molar-refractivity contribution is -0.264. The van der Waals surface area contributed by atoms with Crippen LogP contribution < -0.4 is 0 Å². The van der Waals surface area contributed by atoms with Gasteiger partial charge in [-0.3, -0.25) is 9.59 Å². The molecule has 10 heteroatoms. The Morgan fingerprint density at radius 1 is 0.915 bits per heavy atom. The number of ether oxygens (including phenoxy) is 4. The van der Waals surface area contributed by atoms with Gasteiger partial charge in [0, 0.05) is 34.8 Å². The number of carbonyl (C=O) groups is 3. The number of unbranched alkanes of at least 4 members (excludes halogenated alkanes) is 4. The molecule has 5 heterocycles. The van der Waals surface area contributed by atoms with E-state index >= 15 is 0 Å². The molecule has 3 spiro atoms. The average molecular weight is 655 g/mol. The second-order valence-corrected chi connectivity index (χ2v) is 16.8. The molecule has 0 radical (unpaired) electrons. The van der Waals surface area contributed by atoms with Crippen LogP contribution in [0.2, 0.25) is 0 Å². The molecule has 10 nitrogen and oxygen atoms in total. The number of epoxide rings is 1. The van der Waals surface area contributed by atoms with Crippen molar-refractivity contribution in [3.63, 3.8) is 0 Å². The lowest BCUT2D eigenvalue weighted by Crippen LogP contribution is -2.77. The number of rotatable bonds is 8. The Bertz CT molecular complexity index is 1470. The van der Waals surface area contributed by atoms with Crippen LogP contribution in [0, 0.1) is 33.5 Å². The van der Waals surface area contributed by atoms with E-state index in [4.69, 9.17) is 28.5 Å². The SMILES string of the molecule is CC1(C)O[C@H]2C3(CCCC3)C(=O)OC[C@]23[C@H]1C(=O)[C@@H](O)[C@]1(C)[C@H]3CC[C@@]2(C)[C@H](c3ccoc3CCCCCCCO)OC(=O)[C@H]3O[C@]312. The predicted octanol–water partition coefficient (Wildman–Crippen LogP) is 4.76. The molecule has 3 aliphatic carbocycles. The van der Waals surface area contributed by atoms with Crippen LogP contribution in [0.1, 0.15) is 116 Å². The molecule has 7 aliphatic rings. The minimum atomic E-state index is -1.40. The molecule has 10 atom stereocenters. The van der Waals surface area contributed by atoms with Crippen LogP contribution in [0.5, 0.6) is 0 Å². The van der Waals surface area contributed by atoms with Crippen LogP contribution in [0.3, 0.4) is 0 Å². The third-order valence-electron chi connectivity index (χ3n) is 14.4. The molecule has 0 unspecified atom stereocenters. The molecule has 2 N–H and O–H groups in total. The van der Waals surface area contributed by atoms with Crippen molar-refractivity contribution < 1.29 is 48.0 Å². The van der Waals surface area contributed by atoms with Gasteiger partial charge < -0.3 is 33.6 Å². The van der Waals surface area contributed by atoms with E-state index in [-0.39, 0.29) is 30.9 Å². The van der Waals surface area contributed by atoms with Crippen molar-refractivity contribution in [3.8, 4) is 0 Å².